The van der Waals surface area contributed by atoms with Crippen LogP contribution in [0.3, 0.4) is 0 Å². The maximum atomic E-state index is 10.7. The van der Waals surface area contributed by atoms with Crippen molar-refractivity contribution in [2.24, 2.45) is 7.05 Å². The van der Waals surface area contributed by atoms with E-state index >= 15 is 0 Å². The molecule has 132 valence electrons. The summed E-state index contributed by atoms with van der Waals surface area (Å²) in [6.45, 7) is 1.82. The van der Waals surface area contributed by atoms with Crippen molar-refractivity contribution in [1.29, 1.82) is 0 Å². The summed E-state index contributed by atoms with van der Waals surface area (Å²) in [6, 6.07) is 17.6. The largest absolute Gasteiger partial charge is 0.744 e. The van der Waals surface area contributed by atoms with Crippen molar-refractivity contribution in [3.63, 3.8) is 0 Å². The molecule has 2 N–H and O–H groups in total. The summed E-state index contributed by atoms with van der Waals surface area (Å²) in [4.78, 5) is 10.5. The molecule has 1 heterocycles. The van der Waals surface area contributed by atoms with Gasteiger partial charge in [-0.15, -0.1) is 0 Å². The highest BCUT2D eigenvalue weighted by Crippen LogP contribution is 2.09. The fourth-order valence-electron chi connectivity index (χ4n) is 2.18. The molecule has 0 fully saturated rings. The molecule has 0 spiro atoms. The minimum atomic E-state index is -4.27. The topological polar surface area (TPSA) is 110 Å². The number of para-hydroxylation sites is 1. The zero-order valence-electron chi connectivity index (χ0n) is 13.8. The van der Waals surface area contributed by atoms with Gasteiger partial charge in [-0.25, -0.2) is 8.42 Å². The first kappa shape index (κ1) is 20.4. The van der Waals surface area contributed by atoms with Crippen LogP contribution in [0, 0.1) is 6.92 Å². The lowest BCUT2D eigenvalue weighted by molar-refractivity contribution is -0.646. The van der Waals surface area contributed by atoms with E-state index in [1.165, 1.54) is 12.1 Å². The van der Waals surface area contributed by atoms with Crippen LogP contribution < -0.4 is 4.57 Å². The number of nitrogens with zero attached hydrogens (tertiary/aromatic N) is 1. The highest BCUT2D eigenvalue weighted by atomic mass is 32.2. The molecule has 6 nitrogen and oxygen atoms in total. The monoisotopic (exact) mass is 361 g/mol. The first-order valence-electron chi connectivity index (χ1n) is 7.18. The summed E-state index contributed by atoms with van der Waals surface area (Å²) in [5, 5.41) is 1.15. The van der Waals surface area contributed by atoms with Gasteiger partial charge in [0, 0.05) is 17.5 Å². The fraction of sp³-hybridized carbons (Fsp3) is 0.111. The van der Waals surface area contributed by atoms with Gasteiger partial charge >= 0.3 is 0 Å². The van der Waals surface area contributed by atoms with Crippen molar-refractivity contribution in [2.45, 2.75) is 11.8 Å². The Kier molecular flexibility index (Phi) is 6.93. The van der Waals surface area contributed by atoms with Crippen LogP contribution in [0.1, 0.15) is 16.1 Å². The van der Waals surface area contributed by atoms with Crippen molar-refractivity contribution in [3.8, 4) is 0 Å². The van der Waals surface area contributed by atoms with Crippen molar-refractivity contribution in [2.75, 3.05) is 0 Å². The summed E-state index contributed by atoms with van der Waals surface area (Å²) in [6.07, 6.45) is 0.867. The first-order valence-corrected chi connectivity index (χ1v) is 8.59. The fourth-order valence-corrected chi connectivity index (χ4v) is 2.65. The van der Waals surface area contributed by atoms with Crippen LogP contribution in [-0.4, -0.2) is 24.7 Å². The minimum absolute atomic E-state index is 0. The second-order valence-electron chi connectivity index (χ2n) is 5.26. The zero-order chi connectivity index (χ0) is 17.7. The molecule has 3 aromatic rings. The third kappa shape index (κ3) is 5.18. The van der Waals surface area contributed by atoms with Crippen LogP contribution in [0.25, 0.3) is 10.9 Å². The number of aryl methyl sites for hydroxylation is 2. The second-order valence-corrected chi connectivity index (χ2v) is 6.64. The summed E-state index contributed by atoms with van der Waals surface area (Å²) >= 11 is 0. The summed E-state index contributed by atoms with van der Waals surface area (Å²) in [7, 11) is -2.37. The van der Waals surface area contributed by atoms with Gasteiger partial charge in [-0.3, -0.25) is 4.79 Å². The van der Waals surface area contributed by atoms with Crippen LogP contribution in [0.5, 0.6) is 0 Å². The van der Waals surface area contributed by atoms with E-state index in [2.05, 4.69) is 0 Å². The summed E-state index contributed by atoms with van der Waals surface area (Å²) in [5.74, 6) is 0. The van der Waals surface area contributed by atoms with Gasteiger partial charge in [0.05, 0.1) is 4.90 Å². The predicted octanol–water partition coefficient (Wildman–Crippen LogP) is 1.55. The van der Waals surface area contributed by atoms with E-state index in [9.17, 15) is 17.8 Å². The van der Waals surface area contributed by atoms with Gasteiger partial charge in [-0.1, -0.05) is 29.8 Å². The Morgan fingerprint density at radius 2 is 1.56 bits per heavy atom. The molecule has 0 radical (unpaired) electrons. The predicted molar refractivity (Wildman–Crippen MR) is 93.3 cm³/mol. The number of rotatable bonds is 2. The van der Waals surface area contributed by atoms with E-state index < -0.39 is 10.1 Å². The number of hydrogen-bond acceptors (Lipinski definition) is 4. The molecule has 1 aromatic heterocycles. The molecule has 0 atom stereocenters. The average molecular weight is 361 g/mol. The van der Waals surface area contributed by atoms with Crippen LogP contribution in [0.2, 0.25) is 0 Å². The third-order valence-corrected chi connectivity index (χ3v) is 4.40. The van der Waals surface area contributed by atoms with E-state index in [0.717, 1.165) is 22.8 Å². The maximum absolute atomic E-state index is 10.7. The van der Waals surface area contributed by atoms with Crippen LogP contribution >= 0.6 is 0 Å². The molecule has 3 rings (SSSR count). The summed E-state index contributed by atoms with van der Waals surface area (Å²) in [5.41, 5.74) is 2.70. The molecule has 0 aliphatic carbocycles. The van der Waals surface area contributed by atoms with Crippen LogP contribution in [-0.2, 0) is 17.2 Å². The smallest absolute Gasteiger partial charge is 0.245 e. The van der Waals surface area contributed by atoms with Crippen LogP contribution in [0.4, 0.5) is 0 Å². The second kappa shape index (κ2) is 8.48. The van der Waals surface area contributed by atoms with Gasteiger partial charge in [-0.05, 0) is 31.2 Å². The Labute approximate surface area is 146 Å². The van der Waals surface area contributed by atoms with Crippen molar-refractivity contribution in [3.05, 3.63) is 71.9 Å². The lowest BCUT2D eigenvalue weighted by Crippen LogP contribution is -2.34. The highest BCUT2D eigenvalue weighted by molar-refractivity contribution is 7.85. The number of aromatic nitrogens is 1. The molecule has 0 amide bonds. The van der Waals surface area contributed by atoms with Crippen molar-refractivity contribution < 1.29 is 27.8 Å². The van der Waals surface area contributed by atoms with Gasteiger partial charge in [0.1, 0.15) is 17.2 Å². The van der Waals surface area contributed by atoms with E-state index in [1.54, 1.807) is 12.1 Å². The van der Waals surface area contributed by atoms with Gasteiger partial charge in [-0.2, -0.15) is 4.57 Å². The van der Waals surface area contributed by atoms with E-state index in [0.29, 0.717) is 5.69 Å². The number of carbonyl (C=O) groups excluding carboxylic acids is 1. The molecule has 0 saturated heterocycles. The summed E-state index contributed by atoms with van der Waals surface area (Å²) < 4.78 is 33.1. The van der Waals surface area contributed by atoms with E-state index in [-0.39, 0.29) is 10.4 Å². The molecule has 0 unspecified atom stereocenters. The van der Waals surface area contributed by atoms with Gasteiger partial charge in [0.2, 0.25) is 17.5 Å². The maximum Gasteiger partial charge on any atom is 0.245 e. The van der Waals surface area contributed by atoms with Gasteiger partial charge < -0.3 is 10.0 Å². The number of carbonyl (C=O) groups is 1. The minimum Gasteiger partial charge on any atom is -0.744 e. The van der Waals surface area contributed by atoms with Crippen LogP contribution in [0.15, 0.2) is 65.6 Å². The molecular weight excluding hydrogens is 342 g/mol. The molecule has 7 heteroatoms. The Morgan fingerprint density at radius 3 is 2.12 bits per heavy atom. The Bertz CT molecular complexity index is 966. The average Bonchev–Trinajstić information content (AvgIpc) is 2.56. The number of hydrogen-bond donors (Lipinski definition) is 0. The van der Waals surface area contributed by atoms with Gasteiger partial charge in [0.25, 0.3) is 0 Å². The number of aldehydes is 1. The van der Waals surface area contributed by atoms with Crippen molar-refractivity contribution >= 4 is 27.3 Å². The highest BCUT2D eigenvalue weighted by Gasteiger charge is 2.08. The standard InChI is InChI=1S/C11H10NO.C7H8O3S.H2O/c1-12-10(8-13)7-6-9-4-2-3-5-11(9)12;1-6-2-4-7(5-3-6)11(8,9)10;/h2-8H,1H3;2-5H,1H3,(H,8,9,10);1H2/q+1;;/p-1. The Morgan fingerprint density at radius 1 is 0.960 bits per heavy atom. The molecular formula is C18H19NO5S. The number of benzene rings is 2. The molecule has 0 bridgehead atoms. The Hall–Kier alpha value is -2.61. The molecule has 25 heavy (non-hydrogen) atoms. The molecule has 0 saturated carbocycles. The third-order valence-electron chi connectivity index (χ3n) is 3.55. The molecule has 2 aromatic carbocycles. The normalized spacial score (nSPS) is 10.4. The van der Waals surface area contributed by atoms with Crippen molar-refractivity contribution in [1.82, 2.24) is 0 Å². The lowest BCUT2D eigenvalue weighted by Gasteiger charge is -2.05. The van der Waals surface area contributed by atoms with E-state index in [4.69, 9.17) is 0 Å². The lowest BCUT2D eigenvalue weighted by atomic mass is 10.2. The number of pyridine rings is 1. The SMILES string of the molecule is C[n+]1c(C=O)ccc2ccccc21.Cc1ccc(S(=O)(=O)[O-])cc1.O. The van der Waals surface area contributed by atoms with Gasteiger partial charge in [0.15, 0.2) is 0 Å². The zero-order valence-corrected chi connectivity index (χ0v) is 14.7. The quantitative estimate of drug-likeness (QED) is 0.392. The Balaban J connectivity index is 0.000000244. The van der Waals surface area contributed by atoms with E-state index in [1.807, 2.05) is 54.9 Å². The number of fused-ring (bicyclic) bond motifs is 1. The first-order chi connectivity index (χ1) is 11.3. The molecule has 0 aliphatic rings. The molecule has 0 aliphatic heterocycles.